The van der Waals surface area contributed by atoms with E-state index >= 15 is 0 Å². The van der Waals surface area contributed by atoms with Crippen LogP contribution in [0.1, 0.15) is 37.8 Å². The molecule has 0 radical (unpaired) electrons. The van der Waals surface area contributed by atoms with Crippen molar-refractivity contribution >= 4 is 5.96 Å². The summed E-state index contributed by atoms with van der Waals surface area (Å²) < 4.78 is 5.36. The number of benzene rings is 1. The highest BCUT2D eigenvalue weighted by atomic mass is 16.5. The normalized spacial score (nSPS) is 27.8. The van der Waals surface area contributed by atoms with Gasteiger partial charge >= 0.3 is 0 Å². The van der Waals surface area contributed by atoms with Crippen LogP contribution in [0.2, 0.25) is 0 Å². The second kappa shape index (κ2) is 10.5. The van der Waals surface area contributed by atoms with Crippen LogP contribution >= 0.6 is 0 Å². The summed E-state index contributed by atoms with van der Waals surface area (Å²) >= 11 is 0. The van der Waals surface area contributed by atoms with Gasteiger partial charge in [-0.1, -0.05) is 24.3 Å². The second-order valence-electron chi connectivity index (χ2n) is 9.11. The Labute approximate surface area is 187 Å². The number of ether oxygens (including phenoxy) is 1. The highest BCUT2D eigenvalue weighted by Crippen LogP contribution is 2.36. The van der Waals surface area contributed by atoms with Crippen LogP contribution in [-0.4, -0.2) is 86.7 Å². The van der Waals surface area contributed by atoms with Crippen LogP contribution in [0.15, 0.2) is 41.4 Å². The van der Waals surface area contributed by atoms with Crippen molar-refractivity contribution < 1.29 is 4.74 Å². The maximum atomic E-state index is 5.36. The molecule has 31 heavy (non-hydrogen) atoms. The van der Waals surface area contributed by atoms with Crippen LogP contribution in [0.3, 0.4) is 0 Å². The summed E-state index contributed by atoms with van der Waals surface area (Å²) in [4.78, 5) is 12.7. The largest absolute Gasteiger partial charge is 0.497 e. The molecular formula is C25H39N5O. The van der Waals surface area contributed by atoms with Gasteiger partial charge in [-0.15, -0.1) is 0 Å². The molecule has 1 N–H and O–H groups in total. The van der Waals surface area contributed by atoms with E-state index in [9.17, 15) is 0 Å². The molecule has 6 nitrogen and oxygen atoms in total. The molecule has 1 aromatic rings. The SMILES string of the molecule is CCNC(=NCC1CCCN(C)C1c1ccc(OC)cc1)N1CCC(N2CC=CC2)C1. The molecule has 1 aromatic carbocycles. The minimum absolute atomic E-state index is 0.410. The summed E-state index contributed by atoms with van der Waals surface area (Å²) in [7, 11) is 3.98. The predicted molar refractivity (Wildman–Crippen MR) is 128 cm³/mol. The molecule has 3 unspecified atom stereocenters. The number of hydrogen-bond acceptors (Lipinski definition) is 4. The van der Waals surface area contributed by atoms with E-state index in [0.717, 1.165) is 57.5 Å². The third kappa shape index (κ3) is 5.24. The number of nitrogens with one attached hydrogen (secondary N) is 1. The van der Waals surface area contributed by atoms with Crippen molar-refractivity contribution in [3.8, 4) is 5.75 Å². The number of aliphatic imine (C=N–C) groups is 1. The molecular weight excluding hydrogens is 386 g/mol. The smallest absolute Gasteiger partial charge is 0.193 e. The van der Waals surface area contributed by atoms with Crippen LogP contribution in [0.5, 0.6) is 5.75 Å². The van der Waals surface area contributed by atoms with Crippen molar-refractivity contribution in [2.24, 2.45) is 10.9 Å². The summed E-state index contributed by atoms with van der Waals surface area (Å²) in [5.41, 5.74) is 1.37. The van der Waals surface area contributed by atoms with Gasteiger partial charge in [0.15, 0.2) is 5.96 Å². The fraction of sp³-hybridized carbons (Fsp3) is 0.640. The minimum Gasteiger partial charge on any atom is -0.497 e. The molecule has 0 saturated carbocycles. The van der Waals surface area contributed by atoms with E-state index in [0.29, 0.717) is 18.0 Å². The Hall–Kier alpha value is -2.05. The lowest BCUT2D eigenvalue weighted by molar-refractivity contribution is 0.125. The lowest BCUT2D eigenvalue weighted by Gasteiger charge is -2.39. The third-order valence-corrected chi connectivity index (χ3v) is 7.10. The number of rotatable bonds is 6. The topological polar surface area (TPSA) is 43.3 Å². The van der Waals surface area contributed by atoms with E-state index in [2.05, 4.69) is 70.4 Å². The van der Waals surface area contributed by atoms with Gasteiger partial charge in [-0.3, -0.25) is 14.8 Å². The van der Waals surface area contributed by atoms with Crippen molar-refractivity contribution in [1.29, 1.82) is 0 Å². The van der Waals surface area contributed by atoms with E-state index in [1.165, 1.54) is 24.8 Å². The lowest BCUT2D eigenvalue weighted by atomic mass is 9.85. The standard InChI is InChI=1S/C25H39N5O/c1-4-26-25(30-17-13-22(19-30)29-15-5-6-16-29)27-18-21-8-7-14-28(2)24(21)20-9-11-23(31-3)12-10-20/h5-6,9-12,21-22,24H,4,7-8,13-19H2,1-3H3,(H,26,27). The van der Waals surface area contributed by atoms with Crippen molar-refractivity contribution in [2.75, 3.05) is 60.0 Å². The fourth-order valence-corrected chi connectivity index (χ4v) is 5.43. The summed E-state index contributed by atoms with van der Waals surface area (Å²) in [6, 6.07) is 9.67. The van der Waals surface area contributed by atoms with Crippen LogP contribution in [0, 0.1) is 5.92 Å². The zero-order valence-electron chi connectivity index (χ0n) is 19.5. The van der Waals surface area contributed by atoms with E-state index in [1.54, 1.807) is 7.11 Å². The van der Waals surface area contributed by atoms with Crippen LogP contribution in [-0.2, 0) is 0 Å². The van der Waals surface area contributed by atoms with Gasteiger partial charge in [0, 0.05) is 51.4 Å². The Morgan fingerprint density at radius 1 is 1.13 bits per heavy atom. The molecule has 2 fully saturated rings. The Balaban J connectivity index is 1.44. The van der Waals surface area contributed by atoms with Gasteiger partial charge in [-0.2, -0.15) is 0 Å². The second-order valence-corrected chi connectivity index (χ2v) is 9.11. The Bertz CT molecular complexity index is 754. The molecule has 3 atom stereocenters. The van der Waals surface area contributed by atoms with Crippen molar-refractivity contribution in [1.82, 2.24) is 20.0 Å². The minimum atomic E-state index is 0.410. The molecule has 6 heteroatoms. The highest BCUT2D eigenvalue weighted by Gasteiger charge is 2.32. The van der Waals surface area contributed by atoms with Crippen LogP contribution in [0.25, 0.3) is 0 Å². The third-order valence-electron chi connectivity index (χ3n) is 7.10. The Morgan fingerprint density at radius 3 is 2.61 bits per heavy atom. The number of nitrogens with zero attached hydrogens (tertiary/aromatic N) is 4. The molecule has 0 spiro atoms. The van der Waals surface area contributed by atoms with E-state index < -0.39 is 0 Å². The molecule has 3 aliphatic heterocycles. The molecule has 170 valence electrons. The van der Waals surface area contributed by atoms with Crippen molar-refractivity contribution in [3.05, 3.63) is 42.0 Å². The summed E-state index contributed by atoms with van der Waals surface area (Å²) in [5, 5.41) is 3.57. The molecule has 0 aliphatic carbocycles. The number of likely N-dealkylation sites (tertiary alicyclic amines) is 2. The summed E-state index contributed by atoms with van der Waals surface area (Å²) in [5.74, 6) is 2.55. The van der Waals surface area contributed by atoms with Gasteiger partial charge in [0.25, 0.3) is 0 Å². The average Bonchev–Trinajstić information content (AvgIpc) is 3.49. The lowest BCUT2D eigenvalue weighted by Crippen LogP contribution is -2.43. The Morgan fingerprint density at radius 2 is 1.90 bits per heavy atom. The number of hydrogen-bond donors (Lipinski definition) is 1. The van der Waals surface area contributed by atoms with Gasteiger partial charge in [0.1, 0.15) is 5.75 Å². The first-order chi connectivity index (χ1) is 15.2. The first-order valence-corrected chi connectivity index (χ1v) is 12.0. The maximum Gasteiger partial charge on any atom is 0.193 e. The monoisotopic (exact) mass is 425 g/mol. The van der Waals surface area contributed by atoms with Crippen LogP contribution in [0.4, 0.5) is 0 Å². The van der Waals surface area contributed by atoms with Gasteiger partial charge < -0.3 is 15.0 Å². The van der Waals surface area contributed by atoms with E-state index in [4.69, 9.17) is 9.73 Å². The summed E-state index contributed by atoms with van der Waals surface area (Å²) in [6.45, 7) is 9.48. The number of methoxy groups -OCH3 is 1. The van der Waals surface area contributed by atoms with Crippen molar-refractivity contribution in [3.63, 3.8) is 0 Å². The van der Waals surface area contributed by atoms with Gasteiger partial charge in [-0.05, 0) is 63.4 Å². The fourth-order valence-electron chi connectivity index (χ4n) is 5.43. The quantitative estimate of drug-likeness (QED) is 0.431. The van der Waals surface area contributed by atoms with Crippen molar-refractivity contribution in [2.45, 2.75) is 38.3 Å². The zero-order valence-corrected chi connectivity index (χ0v) is 19.5. The van der Waals surface area contributed by atoms with Gasteiger partial charge in [0.2, 0.25) is 0 Å². The zero-order chi connectivity index (χ0) is 21.6. The van der Waals surface area contributed by atoms with E-state index in [1.807, 2.05) is 0 Å². The highest BCUT2D eigenvalue weighted by molar-refractivity contribution is 5.80. The number of piperidine rings is 1. The predicted octanol–water partition coefficient (Wildman–Crippen LogP) is 2.99. The van der Waals surface area contributed by atoms with Gasteiger partial charge in [-0.25, -0.2) is 0 Å². The van der Waals surface area contributed by atoms with Crippen LogP contribution < -0.4 is 10.1 Å². The summed E-state index contributed by atoms with van der Waals surface area (Å²) in [6.07, 6.45) is 8.29. The van der Waals surface area contributed by atoms with E-state index in [-0.39, 0.29) is 0 Å². The number of guanidine groups is 1. The maximum absolute atomic E-state index is 5.36. The molecule has 3 aliphatic rings. The first-order valence-electron chi connectivity index (χ1n) is 12.0. The first kappa shape index (κ1) is 22.2. The molecule has 2 saturated heterocycles. The molecule has 3 heterocycles. The Kier molecular flexibility index (Phi) is 7.51. The molecule has 0 amide bonds. The molecule has 0 bridgehead atoms. The average molecular weight is 426 g/mol. The molecule has 0 aromatic heterocycles. The molecule has 4 rings (SSSR count). The van der Waals surface area contributed by atoms with Gasteiger partial charge in [0.05, 0.1) is 7.11 Å².